The predicted molar refractivity (Wildman–Crippen MR) is 80.0 cm³/mol. The summed E-state index contributed by atoms with van der Waals surface area (Å²) in [5, 5.41) is 76.4. The van der Waals surface area contributed by atoms with Gasteiger partial charge in [0.05, 0.1) is 19.3 Å². The lowest BCUT2D eigenvalue weighted by Gasteiger charge is -2.42. The highest BCUT2D eigenvalue weighted by Crippen LogP contribution is 2.24. The first-order valence-corrected chi connectivity index (χ1v) is 7.09. The molecule has 146 valence electrons. The highest BCUT2D eigenvalue weighted by molar-refractivity contribution is 5.85. The molecular formula is C12H26ClNO10. The molecule has 1 aliphatic heterocycles. The molecule has 0 aromatic carbocycles. The maximum absolute atomic E-state index is 9.91. The van der Waals surface area contributed by atoms with E-state index < -0.39 is 68.3 Å². The fourth-order valence-electron chi connectivity index (χ4n) is 2.20. The largest absolute Gasteiger partial charge is 0.394 e. The van der Waals surface area contributed by atoms with Crippen LogP contribution < -0.4 is 5.73 Å². The average Bonchev–Trinajstić information content (AvgIpc) is 2.57. The first kappa shape index (κ1) is 23.9. The summed E-state index contributed by atoms with van der Waals surface area (Å²) < 4.78 is 10.2. The van der Waals surface area contributed by atoms with Crippen molar-refractivity contribution in [3.8, 4) is 0 Å². The molecule has 0 spiro atoms. The quantitative estimate of drug-likeness (QED) is 0.194. The summed E-state index contributed by atoms with van der Waals surface area (Å²) in [6.45, 7) is -1.89. The molecule has 10 N–H and O–H groups in total. The van der Waals surface area contributed by atoms with Gasteiger partial charge in [0.15, 0.2) is 6.29 Å². The van der Waals surface area contributed by atoms with Crippen molar-refractivity contribution in [1.82, 2.24) is 0 Å². The van der Waals surface area contributed by atoms with Crippen molar-refractivity contribution >= 4 is 12.4 Å². The molecule has 0 aromatic rings. The maximum Gasteiger partial charge on any atom is 0.187 e. The second-order valence-electron chi connectivity index (χ2n) is 5.34. The SMILES string of the molecule is Cl.NC[C@H](O)[C@@H](O)[C@H](O[C@@H]1O[C@H](CO)[C@H](O)[C@H](O)[C@H]1O)[C@H](O)CO. The topological polar surface area (TPSA) is 206 Å². The second kappa shape index (κ2) is 10.8. The van der Waals surface area contributed by atoms with Crippen LogP contribution in [0.15, 0.2) is 0 Å². The van der Waals surface area contributed by atoms with Gasteiger partial charge in [0.25, 0.3) is 0 Å². The summed E-state index contributed by atoms with van der Waals surface area (Å²) in [7, 11) is 0. The van der Waals surface area contributed by atoms with Crippen LogP contribution in [0, 0.1) is 0 Å². The maximum atomic E-state index is 9.91. The number of aliphatic hydroxyl groups excluding tert-OH is 8. The monoisotopic (exact) mass is 379 g/mol. The van der Waals surface area contributed by atoms with Gasteiger partial charge in [-0.15, -0.1) is 12.4 Å². The van der Waals surface area contributed by atoms with Gasteiger partial charge < -0.3 is 56.1 Å². The summed E-state index contributed by atoms with van der Waals surface area (Å²) in [5.74, 6) is 0. The van der Waals surface area contributed by atoms with Crippen LogP contribution in [-0.2, 0) is 9.47 Å². The first-order valence-electron chi connectivity index (χ1n) is 7.09. The van der Waals surface area contributed by atoms with Gasteiger partial charge in [-0.25, -0.2) is 0 Å². The number of ether oxygens (including phenoxy) is 2. The molecule has 0 radical (unpaired) electrons. The zero-order valence-corrected chi connectivity index (χ0v) is 13.5. The lowest BCUT2D eigenvalue weighted by Crippen LogP contribution is -2.61. The minimum absolute atomic E-state index is 0. The van der Waals surface area contributed by atoms with Crippen LogP contribution in [0.3, 0.4) is 0 Å². The summed E-state index contributed by atoms with van der Waals surface area (Å²) in [5.41, 5.74) is 5.20. The summed E-state index contributed by atoms with van der Waals surface area (Å²) in [4.78, 5) is 0. The predicted octanol–water partition coefficient (Wildman–Crippen LogP) is -5.37. The van der Waals surface area contributed by atoms with E-state index in [1.807, 2.05) is 0 Å². The molecule has 0 aromatic heterocycles. The van der Waals surface area contributed by atoms with E-state index in [1.165, 1.54) is 0 Å². The normalized spacial score (nSPS) is 35.6. The van der Waals surface area contributed by atoms with Crippen LogP contribution in [0.1, 0.15) is 0 Å². The fraction of sp³-hybridized carbons (Fsp3) is 1.00. The van der Waals surface area contributed by atoms with Crippen molar-refractivity contribution in [1.29, 1.82) is 0 Å². The van der Waals surface area contributed by atoms with Gasteiger partial charge in [-0.1, -0.05) is 0 Å². The van der Waals surface area contributed by atoms with Gasteiger partial charge in [-0.3, -0.25) is 0 Å². The Balaban J connectivity index is 0.00000529. The Morgan fingerprint density at radius 1 is 0.958 bits per heavy atom. The first-order chi connectivity index (χ1) is 10.8. The molecule has 1 aliphatic rings. The molecule has 12 heteroatoms. The Hall–Kier alpha value is -0.150. The van der Waals surface area contributed by atoms with E-state index in [9.17, 15) is 30.6 Å². The fourth-order valence-corrected chi connectivity index (χ4v) is 2.20. The van der Waals surface area contributed by atoms with Crippen molar-refractivity contribution in [2.45, 2.75) is 55.1 Å². The third-order valence-electron chi connectivity index (χ3n) is 3.68. The molecule has 0 saturated carbocycles. The van der Waals surface area contributed by atoms with Gasteiger partial charge in [0.2, 0.25) is 0 Å². The Kier molecular flexibility index (Phi) is 10.7. The summed E-state index contributed by atoms with van der Waals surface area (Å²) in [6.07, 6.45) is -14.5. The summed E-state index contributed by atoms with van der Waals surface area (Å²) >= 11 is 0. The number of aliphatic hydroxyl groups is 8. The van der Waals surface area contributed by atoms with E-state index in [4.69, 9.17) is 25.4 Å². The van der Waals surface area contributed by atoms with E-state index in [0.29, 0.717) is 0 Å². The Morgan fingerprint density at radius 3 is 2.00 bits per heavy atom. The van der Waals surface area contributed by atoms with Crippen LogP contribution in [0.5, 0.6) is 0 Å². The standard InChI is InChI=1S/C12H25NO10.ClH/c13-1-4(16)7(18)11(5(17)2-14)23-12-10(21)9(20)8(19)6(3-15)22-12;/h4-12,14-21H,1-3,13H2;1H/t4-,5+,6+,7+,8-,9-,10+,11+,12-;/m0./s1. The van der Waals surface area contributed by atoms with Crippen LogP contribution in [0.2, 0.25) is 0 Å². The lowest BCUT2D eigenvalue weighted by molar-refractivity contribution is -0.327. The second-order valence-corrected chi connectivity index (χ2v) is 5.34. The number of rotatable bonds is 8. The van der Waals surface area contributed by atoms with E-state index in [1.54, 1.807) is 0 Å². The molecule has 1 saturated heterocycles. The van der Waals surface area contributed by atoms with Gasteiger partial charge in [0, 0.05) is 6.54 Å². The third-order valence-corrected chi connectivity index (χ3v) is 3.68. The van der Waals surface area contributed by atoms with Crippen LogP contribution in [0.25, 0.3) is 0 Å². The Labute approximate surface area is 144 Å². The molecular weight excluding hydrogens is 354 g/mol. The van der Waals surface area contributed by atoms with Crippen LogP contribution in [-0.4, -0.2) is 116 Å². The molecule has 0 aliphatic carbocycles. The molecule has 24 heavy (non-hydrogen) atoms. The third kappa shape index (κ3) is 5.42. The average molecular weight is 380 g/mol. The molecule has 0 unspecified atom stereocenters. The number of halogens is 1. The van der Waals surface area contributed by atoms with Crippen LogP contribution in [0.4, 0.5) is 0 Å². The Morgan fingerprint density at radius 2 is 1.54 bits per heavy atom. The Bertz CT molecular complexity index is 352. The van der Waals surface area contributed by atoms with E-state index in [-0.39, 0.29) is 19.0 Å². The molecule has 9 atom stereocenters. The van der Waals surface area contributed by atoms with E-state index in [0.717, 1.165) is 0 Å². The van der Waals surface area contributed by atoms with Crippen molar-refractivity contribution in [2.24, 2.45) is 5.73 Å². The van der Waals surface area contributed by atoms with Crippen LogP contribution >= 0.6 is 12.4 Å². The van der Waals surface area contributed by atoms with Gasteiger partial charge >= 0.3 is 0 Å². The zero-order chi connectivity index (χ0) is 17.7. The molecule has 1 rings (SSSR count). The molecule has 1 fully saturated rings. The van der Waals surface area contributed by atoms with E-state index >= 15 is 0 Å². The lowest BCUT2D eigenvalue weighted by atomic mass is 9.98. The van der Waals surface area contributed by atoms with Crippen molar-refractivity contribution in [2.75, 3.05) is 19.8 Å². The minimum Gasteiger partial charge on any atom is -0.394 e. The smallest absolute Gasteiger partial charge is 0.187 e. The summed E-state index contributed by atoms with van der Waals surface area (Å²) in [6, 6.07) is 0. The molecule has 0 bridgehead atoms. The van der Waals surface area contributed by atoms with Crippen molar-refractivity contribution in [3.63, 3.8) is 0 Å². The number of hydrogen-bond donors (Lipinski definition) is 9. The molecule has 1 heterocycles. The highest BCUT2D eigenvalue weighted by Gasteiger charge is 2.46. The zero-order valence-electron chi connectivity index (χ0n) is 12.7. The minimum atomic E-state index is -1.76. The van der Waals surface area contributed by atoms with Gasteiger partial charge in [0.1, 0.15) is 42.7 Å². The van der Waals surface area contributed by atoms with E-state index in [2.05, 4.69) is 0 Å². The van der Waals surface area contributed by atoms with Gasteiger partial charge in [-0.2, -0.15) is 0 Å². The van der Waals surface area contributed by atoms with Crippen molar-refractivity contribution in [3.05, 3.63) is 0 Å². The van der Waals surface area contributed by atoms with Gasteiger partial charge in [-0.05, 0) is 0 Å². The highest BCUT2D eigenvalue weighted by atomic mass is 35.5. The number of hydrogen-bond acceptors (Lipinski definition) is 11. The van der Waals surface area contributed by atoms with Crippen molar-refractivity contribution < 1.29 is 50.3 Å². The molecule has 0 amide bonds. The molecule has 11 nitrogen and oxygen atoms in total. The number of nitrogens with two attached hydrogens (primary N) is 1.